The van der Waals surface area contributed by atoms with Crippen LogP contribution in [0.4, 0.5) is 19.0 Å². The molecule has 31 heavy (non-hydrogen) atoms. The van der Waals surface area contributed by atoms with Crippen LogP contribution in [0.15, 0.2) is 12.1 Å². The van der Waals surface area contributed by atoms with Gasteiger partial charge in [-0.1, -0.05) is 6.07 Å². The first-order valence-corrected chi connectivity index (χ1v) is 9.23. The first-order chi connectivity index (χ1) is 14.6. The van der Waals surface area contributed by atoms with Crippen molar-refractivity contribution in [3.05, 3.63) is 34.5 Å². The van der Waals surface area contributed by atoms with E-state index in [0.29, 0.717) is 22.6 Å². The minimum absolute atomic E-state index is 0.0267. The number of amides is 1. The van der Waals surface area contributed by atoms with Crippen LogP contribution in [0.2, 0.25) is 0 Å². The fourth-order valence-corrected chi connectivity index (χ4v) is 3.92. The molecule has 0 bridgehead atoms. The Morgan fingerprint density at radius 2 is 1.90 bits per heavy atom. The Hall–Kier alpha value is -3.63. The number of pyridine rings is 1. The third kappa shape index (κ3) is 2.99. The van der Waals surface area contributed by atoms with Gasteiger partial charge in [0.05, 0.1) is 23.7 Å². The summed E-state index contributed by atoms with van der Waals surface area (Å²) in [4.78, 5) is 15.9. The number of ether oxygens (including phenoxy) is 3. The van der Waals surface area contributed by atoms with E-state index in [1.807, 2.05) is 0 Å². The lowest BCUT2D eigenvalue weighted by Gasteiger charge is -2.22. The van der Waals surface area contributed by atoms with Crippen molar-refractivity contribution in [2.75, 3.05) is 26.1 Å². The molecule has 1 aromatic carbocycles. The van der Waals surface area contributed by atoms with Crippen LogP contribution in [-0.2, 0) is 6.18 Å². The Morgan fingerprint density at radius 3 is 2.52 bits per heavy atom. The number of halogens is 3. The fraction of sp³-hybridized carbons (Fsp3) is 0.300. The van der Waals surface area contributed by atoms with E-state index < -0.39 is 28.7 Å². The van der Waals surface area contributed by atoms with Gasteiger partial charge in [0.25, 0.3) is 11.8 Å². The third-order valence-corrected chi connectivity index (χ3v) is 5.18. The van der Waals surface area contributed by atoms with E-state index in [-0.39, 0.29) is 36.2 Å². The topological polar surface area (TPSA) is 115 Å². The van der Waals surface area contributed by atoms with Gasteiger partial charge in [-0.2, -0.15) is 13.2 Å². The lowest BCUT2D eigenvalue weighted by molar-refractivity contribution is -0.140. The first kappa shape index (κ1) is 20.6. The summed E-state index contributed by atoms with van der Waals surface area (Å²) in [5, 5.41) is -0.539. The second-order valence-electron chi connectivity index (χ2n) is 7.03. The van der Waals surface area contributed by atoms with E-state index in [0.717, 1.165) is 0 Å². The standard InChI is InChI=1S/C20H19F3N4O4/c1-8-4-5-10(29-3)9(2)13(8)27-14-11(12(17(27)24)18(25)28)16(20(21,22)23)26-19-15(14)30-6-7-31-19/h4-5H,6-7,24H2,1-3H3,(H2,25,28). The normalized spacial score (nSPS) is 13.5. The number of nitrogen functional groups attached to an aromatic ring is 1. The molecule has 4 N–H and O–H groups in total. The molecule has 0 saturated heterocycles. The maximum atomic E-state index is 14.0. The van der Waals surface area contributed by atoms with E-state index in [9.17, 15) is 18.0 Å². The predicted molar refractivity (Wildman–Crippen MR) is 106 cm³/mol. The van der Waals surface area contributed by atoms with Crippen LogP contribution >= 0.6 is 0 Å². The summed E-state index contributed by atoms with van der Waals surface area (Å²) in [6.45, 7) is 3.60. The molecule has 3 heterocycles. The number of hydrogen-bond donors (Lipinski definition) is 2. The van der Waals surface area contributed by atoms with Crippen molar-refractivity contribution >= 4 is 22.6 Å². The molecule has 1 aliphatic heterocycles. The average molecular weight is 436 g/mol. The maximum Gasteiger partial charge on any atom is 0.434 e. The monoisotopic (exact) mass is 436 g/mol. The number of carbonyl (C=O) groups excluding carboxylic acids is 1. The van der Waals surface area contributed by atoms with Gasteiger partial charge in [-0.15, -0.1) is 0 Å². The number of aromatic nitrogens is 2. The third-order valence-electron chi connectivity index (χ3n) is 5.18. The van der Waals surface area contributed by atoms with Crippen molar-refractivity contribution in [1.82, 2.24) is 9.55 Å². The van der Waals surface area contributed by atoms with Crippen LogP contribution in [0.3, 0.4) is 0 Å². The van der Waals surface area contributed by atoms with E-state index >= 15 is 0 Å². The molecule has 164 valence electrons. The number of fused-ring (bicyclic) bond motifs is 3. The lowest BCUT2D eigenvalue weighted by atomic mass is 10.1. The zero-order valence-electron chi connectivity index (χ0n) is 16.9. The van der Waals surface area contributed by atoms with Gasteiger partial charge < -0.3 is 25.7 Å². The zero-order chi connectivity index (χ0) is 22.7. The molecular weight excluding hydrogens is 417 g/mol. The van der Waals surface area contributed by atoms with Crippen LogP contribution < -0.4 is 25.7 Å². The van der Waals surface area contributed by atoms with E-state index in [4.69, 9.17) is 25.7 Å². The van der Waals surface area contributed by atoms with Gasteiger partial charge in [-0.05, 0) is 25.5 Å². The molecule has 3 aromatic rings. The van der Waals surface area contributed by atoms with Crippen LogP contribution in [0.25, 0.3) is 16.6 Å². The molecule has 0 radical (unpaired) electrons. The molecule has 11 heteroatoms. The van der Waals surface area contributed by atoms with Crippen LogP contribution in [-0.4, -0.2) is 35.8 Å². The number of benzene rings is 1. The minimum Gasteiger partial charge on any atom is -0.496 e. The average Bonchev–Trinajstić information content (AvgIpc) is 3.00. The van der Waals surface area contributed by atoms with Crippen LogP contribution in [0.5, 0.6) is 17.4 Å². The molecule has 0 atom stereocenters. The molecule has 1 amide bonds. The smallest absolute Gasteiger partial charge is 0.434 e. The van der Waals surface area contributed by atoms with Gasteiger partial charge in [-0.3, -0.25) is 9.36 Å². The van der Waals surface area contributed by atoms with Gasteiger partial charge >= 0.3 is 6.18 Å². The van der Waals surface area contributed by atoms with Crippen molar-refractivity contribution in [3.8, 4) is 23.1 Å². The van der Waals surface area contributed by atoms with E-state index in [1.54, 1.807) is 26.0 Å². The number of aryl methyl sites for hydroxylation is 1. The lowest BCUT2D eigenvalue weighted by Crippen LogP contribution is -2.20. The Balaban J connectivity index is 2.29. The molecule has 0 saturated carbocycles. The summed E-state index contributed by atoms with van der Waals surface area (Å²) in [6.07, 6.45) is -4.91. The summed E-state index contributed by atoms with van der Waals surface area (Å²) in [5.41, 5.74) is 11.5. The summed E-state index contributed by atoms with van der Waals surface area (Å²) < 4.78 is 59.6. The highest BCUT2D eigenvalue weighted by atomic mass is 19.4. The highest BCUT2D eigenvalue weighted by molar-refractivity contribution is 6.14. The number of carbonyl (C=O) groups is 1. The van der Waals surface area contributed by atoms with Gasteiger partial charge in [0.1, 0.15) is 30.3 Å². The minimum atomic E-state index is -4.91. The highest BCUT2D eigenvalue weighted by Gasteiger charge is 2.42. The van der Waals surface area contributed by atoms with Crippen molar-refractivity contribution in [3.63, 3.8) is 0 Å². The summed E-state index contributed by atoms with van der Waals surface area (Å²) in [5.74, 6) is -1.28. The summed E-state index contributed by atoms with van der Waals surface area (Å²) in [7, 11) is 1.47. The predicted octanol–water partition coefficient (Wildman–Crippen LogP) is 3.12. The largest absolute Gasteiger partial charge is 0.496 e. The SMILES string of the molecule is COc1ccc(C)c(-n2c(N)c(C(N)=O)c3c(C(F)(F)F)nc4c(c32)OCCO4)c1C. The quantitative estimate of drug-likeness (QED) is 0.652. The van der Waals surface area contributed by atoms with Crippen molar-refractivity contribution < 1.29 is 32.2 Å². The van der Waals surface area contributed by atoms with Crippen molar-refractivity contribution in [2.45, 2.75) is 20.0 Å². The fourth-order valence-electron chi connectivity index (χ4n) is 3.92. The first-order valence-electron chi connectivity index (χ1n) is 9.23. The van der Waals surface area contributed by atoms with Gasteiger partial charge in [-0.25, -0.2) is 4.98 Å². The molecule has 2 aromatic heterocycles. The Morgan fingerprint density at radius 1 is 1.23 bits per heavy atom. The van der Waals surface area contributed by atoms with Crippen molar-refractivity contribution in [1.29, 1.82) is 0 Å². The molecular formula is C20H19F3N4O4. The molecule has 8 nitrogen and oxygen atoms in total. The van der Waals surface area contributed by atoms with Gasteiger partial charge in [0.15, 0.2) is 5.69 Å². The second-order valence-corrected chi connectivity index (χ2v) is 7.03. The molecule has 4 rings (SSSR count). The number of nitrogens with two attached hydrogens (primary N) is 2. The molecule has 0 spiro atoms. The summed E-state index contributed by atoms with van der Waals surface area (Å²) in [6, 6.07) is 3.45. The Labute approximate surface area is 174 Å². The zero-order valence-corrected chi connectivity index (χ0v) is 16.9. The molecule has 1 aliphatic rings. The van der Waals surface area contributed by atoms with Gasteiger partial charge in [0.2, 0.25) is 5.75 Å². The molecule has 0 aliphatic carbocycles. The molecule has 0 fully saturated rings. The number of alkyl halides is 3. The second kappa shape index (κ2) is 6.96. The highest BCUT2D eigenvalue weighted by Crippen LogP contribution is 2.48. The van der Waals surface area contributed by atoms with Gasteiger partial charge in [0, 0.05) is 5.56 Å². The van der Waals surface area contributed by atoms with Crippen molar-refractivity contribution in [2.24, 2.45) is 5.73 Å². The number of nitrogens with zero attached hydrogens (tertiary/aromatic N) is 2. The summed E-state index contributed by atoms with van der Waals surface area (Å²) >= 11 is 0. The molecule has 0 unspecified atom stereocenters. The van der Waals surface area contributed by atoms with Crippen LogP contribution in [0, 0.1) is 13.8 Å². The van der Waals surface area contributed by atoms with E-state index in [1.165, 1.54) is 11.7 Å². The Kier molecular flexibility index (Phi) is 4.64. The number of hydrogen-bond acceptors (Lipinski definition) is 6. The van der Waals surface area contributed by atoms with Crippen LogP contribution in [0.1, 0.15) is 27.2 Å². The van der Waals surface area contributed by atoms with E-state index in [2.05, 4.69) is 4.98 Å². The maximum absolute atomic E-state index is 14.0. The number of anilines is 1. The number of rotatable bonds is 3. The number of primary amides is 1. The number of methoxy groups -OCH3 is 1. The Bertz CT molecular complexity index is 1230.